The predicted molar refractivity (Wildman–Crippen MR) is 136 cm³/mol. The summed E-state index contributed by atoms with van der Waals surface area (Å²) in [6.45, 7) is 2.13. The number of carbonyl (C=O) groups excluding carboxylic acids is 1. The second-order valence-corrected chi connectivity index (χ2v) is 8.98. The van der Waals surface area contributed by atoms with Crippen molar-refractivity contribution in [2.45, 2.75) is 19.4 Å². The average molecular weight is 517 g/mol. The zero-order chi connectivity index (χ0) is 23.7. The molecule has 1 atom stereocenters. The van der Waals surface area contributed by atoms with Gasteiger partial charge in [-0.2, -0.15) is 5.10 Å². The number of nitrogens with one attached hydrogen (secondary N) is 2. The minimum Gasteiger partial charge on any atom is -0.339 e. The monoisotopic (exact) mass is 516 g/mol. The number of aryl methyl sites for hydroxylation is 1. The van der Waals surface area contributed by atoms with Gasteiger partial charge in [-0.1, -0.05) is 59.3 Å². The molecule has 1 aliphatic rings. The number of anilines is 2. The number of rotatable bonds is 5. The molecule has 0 radical (unpaired) electrons. The van der Waals surface area contributed by atoms with Crippen molar-refractivity contribution in [2.24, 2.45) is 0 Å². The van der Waals surface area contributed by atoms with E-state index in [4.69, 9.17) is 0 Å². The highest BCUT2D eigenvalue weighted by Gasteiger charge is 2.28. The second-order valence-electron chi connectivity index (χ2n) is 8.06. The molecule has 0 unspecified atom stereocenters. The van der Waals surface area contributed by atoms with Crippen molar-refractivity contribution in [2.75, 3.05) is 10.6 Å². The summed E-state index contributed by atoms with van der Waals surface area (Å²) in [6.07, 6.45) is 4.64. The molecule has 34 heavy (non-hydrogen) atoms. The van der Waals surface area contributed by atoms with Crippen molar-refractivity contribution >= 4 is 39.0 Å². The smallest absolute Gasteiger partial charge is 0.261 e. The van der Waals surface area contributed by atoms with Gasteiger partial charge in [-0.15, -0.1) is 0 Å². The Morgan fingerprint density at radius 1 is 1.06 bits per heavy atom. The van der Waals surface area contributed by atoms with Crippen molar-refractivity contribution in [1.29, 1.82) is 0 Å². The van der Waals surface area contributed by atoms with Gasteiger partial charge in [0.15, 0.2) is 0 Å². The third-order valence-electron chi connectivity index (χ3n) is 5.87. The lowest BCUT2D eigenvalue weighted by atomic mass is 10.00. The summed E-state index contributed by atoms with van der Waals surface area (Å²) in [7, 11) is 0. The van der Waals surface area contributed by atoms with Crippen LogP contribution in [-0.2, 0) is 6.42 Å². The van der Waals surface area contributed by atoms with Crippen LogP contribution in [0.5, 0.6) is 0 Å². The normalized spacial score (nSPS) is 14.7. The maximum absolute atomic E-state index is 13.3. The number of hydrogen-bond donors (Lipinski definition) is 2. The Morgan fingerprint density at radius 3 is 2.44 bits per heavy atom. The van der Waals surface area contributed by atoms with Crippen molar-refractivity contribution in [3.05, 3.63) is 118 Å². The molecule has 5 rings (SSSR count). The van der Waals surface area contributed by atoms with Gasteiger partial charge in [-0.3, -0.25) is 4.79 Å². The molecule has 0 aliphatic carbocycles. The Morgan fingerprint density at radius 2 is 1.76 bits per heavy atom. The van der Waals surface area contributed by atoms with Gasteiger partial charge >= 0.3 is 0 Å². The van der Waals surface area contributed by atoms with Gasteiger partial charge in [0, 0.05) is 15.9 Å². The summed E-state index contributed by atoms with van der Waals surface area (Å²) in [5.41, 5.74) is 5.15. The molecule has 2 N–H and O–H groups in total. The number of nitrogens with zero attached hydrogens (tertiary/aromatic N) is 2. The van der Waals surface area contributed by atoms with Crippen LogP contribution >= 0.6 is 15.9 Å². The van der Waals surface area contributed by atoms with E-state index < -0.39 is 0 Å². The van der Waals surface area contributed by atoms with Crippen molar-refractivity contribution in [1.82, 2.24) is 9.78 Å². The molecule has 1 aliphatic heterocycles. The van der Waals surface area contributed by atoms with Crippen LogP contribution in [0.15, 0.2) is 89.5 Å². The van der Waals surface area contributed by atoms with E-state index >= 15 is 0 Å². The molecule has 0 fully saturated rings. The Bertz CT molecular complexity index is 1360. The standard InChI is InChI=1S/C27H22BrFN4O/c1-2-17-3-5-18(6-4-17)24-15-25(19-7-9-20(28)10-8-19)33-26(32-24)23(16-30-33)27(34)31-22-13-11-21(29)12-14-22/h3-16,25,32H,2H2,1H3,(H,31,34)/t25-/m1/s1. The van der Waals surface area contributed by atoms with E-state index in [1.807, 2.05) is 28.9 Å². The zero-order valence-corrected chi connectivity index (χ0v) is 20.0. The highest BCUT2D eigenvalue weighted by atomic mass is 79.9. The van der Waals surface area contributed by atoms with E-state index in [1.54, 1.807) is 6.20 Å². The maximum Gasteiger partial charge on any atom is 0.261 e. The quantitative estimate of drug-likeness (QED) is 0.312. The van der Waals surface area contributed by atoms with Crippen LogP contribution < -0.4 is 10.6 Å². The topological polar surface area (TPSA) is 59.0 Å². The van der Waals surface area contributed by atoms with Gasteiger partial charge < -0.3 is 10.6 Å². The number of aromatic nitrogens is 2. The Hall–Kier alpha value is -3.71. The molecule has 2 heterocycles. The van der Waals surface area contributed by atoms with E-state index in [2.05, 4.69) is 68.9 Å². The van der Waals surface area contributed by atoms with Crippen LogP contribution in [0.4, 0.5) is 15.9 Å². The van der Waals surface area contributed by atoms with Crippen molar-refractivity contribution in [3.63, 3.8) is 0 Å². The Kier molecular flexibility index (Phi) is 6.02. The molecule has 5 nitrogen and oxygen atoms in total. The van der Waals surface area contributed by atoms with E-state index in [0.717, 1.165) is 27.7 Å². The van der Waals surface area contributed by atoms with Crippen LogP contribution in [0.1, 0.15) is 40.0 Å². The Balaban J connectivity index is 1.54. The molecule has 170 valence electrons. The molecule has 4 aromatic rings. The first-order chi connectivity index (χ1) is 16.5. The molecule has 1 aromatic heterocycles. The molecule has 0 saturated carbocycles. The largest absolute Gasteiger partial charge is 0.339 e. The molecule has 3 aromatic carbocycles. The third-order valence-corrected chi connectivity index (χ3v) is 6.40. The predicted octanol–water partition coefficient (Wildman–Crippen LogP) is 6.66. The molecule has 0 spiro atoms. The summed E-state index contributed by atoms with van der Waals surface area (Å²) in [5.74, 6) is -0.0779. The summed E-state index contributed by atoms with van der Waals surface area (Å²) in [5, 5.41) is 10.8. The number of amides is 1. The van der Waals surface area contributed by atoms with Gasteiger partial charge in [0.1, 0.15) is 17.2 Å². The van der Waals surface area contributed by atoms with Crippen molar-refractivity contribution < 1.29 is 9.18 Å². The molecule has 0 bridgehead atoms. The summed E-state index contributed by atoms with van der Waals surface area (Å²) in [6, 6.07) is 21.9. The fraction of sp³-hybridized carbons (Fsp3) is 0.111. The fourth-order valence-electron chi connectivity index (χ4n) is 3.98. The van der Waals surface area contributed by atoms with Gasteiger partial charge in [0.2, 0.25) is 0 Å². The van der Waals surface area contributed by atoms with Crippen LogP contribution in [-0.4, -0.2) is 15.7 Å². The van der Waals surface area contributed by atoms with Crippen molar-refractivity contribution in [3.8, 4) is 0 Å². The van der Waals surface area contributed by atoms with Crippen LogP contribution in [0.3, 0.4) is 0 Å². The lowest BCUT2D eigenvalue weighted by molar-refractivity contribution is 0.102. The first kappa shape index (κ1) is 22.1. The minimum atomic E-state index is -0.358. The minimum absolute atomic E-state index is 0.197. The lowest BCUT2D eigenvalue weighted by Gasteiger charge is -2.26. The van der Waals surface area contributed by atoms with Crippen LogP contribution in [0, 0.1) is 5.82 Å². The highest BCUT2D eigenvalue weighted by Crippen LogP contribution is 2.36. The van der Waals surface area contributed by atoms with Gasteiger partial charge in [-0.05, 0) is 65.6 Å². The number of benzene rings is 3. The number of hydrogen-bond acceptors (Lipinski definition) is 3. The SMILES string of the molecule is CCc1ccc(C2=C[C@H](c3ccc(Br)cc3)n3ncc(C(=O)Nc4ccc(F)cc4)c3N2)cc1. The summed E-state index contributed by atoms with van der Waals surface area (Å²) < 4.78 is 16.1. The van der Waals surface area contributed by atoms with E-state index in [1.165, 1.54) is 29.8 Å². The zero-order valence-electron chi connectivity index (χ0n) is 18.4. The molecular formula is C27H22BrFN4O. The maximum atomic E-state index is 13.3. The second kappa shape index (κ2) is 9.27. The Labute approximate surface area is 205 Å². The first-order valence-electron chi connectivity index (χ1n) is 11.0. The van der Waals surface area contributed by atoms with Crippen LogP contribution in [0.2, 0.25) is 0 Å². The molecule has 7 heteroatoms. The van der Waals surface area contributed by atoms with Gasteiger partial charge in [0.25, 0.3) is 5.91 Å². The van der Waals surface area contributed by atoms with Gasteiger partial charge in [0.05, 0.1) is 12.2 Å². The molecule has 1 amide bonds. The lowest BCUT2D eigenvalue weighted by Crippen LogP contribution is -2.22. The van der Waals surface area contributed by atoms with Crippen LogP contribution in [0.25, 0.3) is 5.70 Å². The number of halogens is 2. The average Bonchev–Trinajstić information content (AvgIpc) is 3.30. The number of allylic oxidation sites excluding steroid dienone is 1. The first-order valence-corrected chi connectivity index (χ1v) is 11.8. The molecular weight excluding hydrogens is 495 g/mol. The third kappa shape index (κ3) is 4.39. The van der Waals surface area contributed by atoms with Gasteiger partial charge in [-0.25, -0.2) is 9.07 Å². The number of fused-ring (bicyclic) bond motifs is 1. The number of carbonyl (C=O) groups is 1. The fourth-order valence-corrected chi connectivity index (χ4v) is 4.24. The highest BCUT2D eigenvalue weighted by molar-refractivity contribution is 9.10. The van der Waals surface area contributed by atoms with E-state index in [-0.39, 0.29) is 17.8 Å². The van der Waals surface area contributed by atoms with E-state index in [9.17, 15) is 9.18 Å². The summed E-state index contributed by atoms with van der Waals surface area (Å²) >= 11 is 3.50. The summed E-state index contributed by atoms with van der Waals surface area (Å²) in [4.78, 5) is 13.1. The van der Waals surface area contributed by atoms with E-state index in [0.29, 0.717) is 17.1 Å². The molecule has 0 saturated heterocycles.